The van der Waals surface area contributed by atoms with Crippen LogP contribution in [0.5, 0.6) is 5.75 Å². The molecule has 88 valence electrons. The van der Waals surface area contributed by atoms with Gasteiger partial charge in [-0.25, -0.2) is 4.39 Å². The summed E-state index contributed by atoms with van der Waals surface area (Å²) < 4.78 is 18.2. The normalized spacial score (nSPS) is 10.2. The van der Waals surface area contributed by atoms with Gasteiger partial charge in [0.2, 0.25) is 0 Å². The molecule has 0 bridgehead atoms. The highest BCUT2D eigenvalue weighted by Crippen LogP contribution is 2.19. The topological polar surface area (TPSA) is 35.2 Å². The fraction of sp³-hybridized carbons (Fsp3) is 0.143. The maximum Gasteiger partial charge on any atom is 0.142 e. The summed E-state index contributed by atoms with van der Waals surface area (Å²) in [6, 6.07) is 13.8. The van der Waals surface area contributed by atoms with E-state index in [9.17, 15) is 4.39 Å². The standard InChI is InChI=1S/C14H14FNO/c15-12-7-5-11(6-8-12)9-10-17-14-4-2-1-3-13(14)16/h1-8H,9-10,16H2. The maximum atomic E-state index is 12.7. The molecule has 0 unspecified atom stereocenters. The van der Waals surface area contributed by atoms with E-state index in [0.29, 0.717) is 18.0 Å². The fourth-order valence-corrected chi connectivity index (χ4v) is 1.54. The van der Waals surface area contributed by atoms with E-state index < -0.39 is 0 Å². The predicted molar refractivity (Wildman–Crippen MR) is 66.5 cm³/mol. The van der Waals surface area contributed by atoms with Gasteiger partial charge in [-0.2, -0.15) is 0 Å². The molecule has 0 aromatic heterocycles. The van der Waals surface area contributed by atoms with Crippen LogP contribution in [-0.2, 0) is 6.42 Å². The second-order valence-electron chi connectivity index (χ2n) is 3.76. The van der Waals surface area contributed by atoms with Crippen LogP contribution in [0.1, 0.15) is 5.56 Å². The average Bonchev–Trinajstić information content (AvgIpc) is 2.34. The Morgan fingerprint density at radius 1 is 1.00 bits per heavy atom. The van der Waals surface area contributed by atoms with E-state index in [1.54, 1.807) is 18.2 Å². The van der Waals surface area contributed by atoms with Crippen LogP contribution in [0.15, 0.2) is 48.5 Å². The summed E-state index contributed by atoms with van der Waals surface area (Å²) in [4.78, 5) is 0. The van der Waals surface area contributed by atoms with Crippen molar-refractivity contribution in [1.82, 2.24) is 0 Å². The molecule has 2 rings (SSSR count). The Balaban J connectivity index is 1.88. The Bertz CT molecular complexity index is 482. The highest BCUT2D eigenvalue weighted by Gasteiger charge is 1.99. The number of hydrogen-bond acceptors (Lipinski definition) is 2. The third-order valence-corrected chi connectivity index (χ3v) is 2.48. The predicted octanol–water partition coefficient (Wildman–Crippen LogP) is 3.03. The molecule has 0 aliphatic rings. The molecule has 3 heteroatoms. The molecular formula is C14H14FNO. The number of anilines is 1. The average molecular weight is 231 g/mol. The van der Waals surface area contributed by atoms with Crippen molar-refractivity contribution in [2.45, 2.75) is 6.42 Å². The molecule has 0 radical (unpaired) electrons. The van der Waals surface area contributed by atoms with Gasteiger partial charge in [0.25, 0.3) is 0 Å². The molecular weight excluding hydrogens is 217 g/mol. The highest BCUT2D eigenvalue weighted by atomic mass is 19.1. The summed E-state index contributed by atoms with van der Waals surface area (Å²) in [7, 11) is 0. The first-order valence-corrected chi connectivity index (χ1v) is 5.47. The number of rotatable bonds is 4. The van der Waals surface area contributed by atoms with Gasteiger partial charge in [0, 0.05) is 6.42 Å². The third kappa shape index (κ3) is 3.21. The number of ether oxygens (including phenoxy) is 1. The minimum absolute atomic E-state index is 0.220. The molecule has 0 saturated carbocycles. The van der Waals surface area contributed by atoms with Crippen LogP contribution in [0.3, 0.4) is 0 Å². The number of hydrogen-bond donors (Lipinski definition) is 1. The Hall–Kier alpha value is -2.03. The zero-order chi connectivity index (χ0) is 12.1. The van der Waals surface area contributed by atoms with Crippen molar-refractivity contribution >= 4 is 5.69 Å². The van der Waals surface area contributed by atoms with E-state index in [1.165, 1.54) is 12.1 Å². The van der Waals surface area contributed by atoms with Crippen LogP contribution in [0.25, 0.3) is 0 Å². The van der Waals surface area contributed by atoms with Gasteiger partial charge in [-0.3, -0.25) is 0 Å². The lowest BCUT2D eigenvalue weighted by atomic mass is 10.2. The molecule has 0 aliphatic carbocycles. The van der Waals surface area contributed by atoms with Crippen LogP contribution in [0, 0.1) is 5.82 Å². The lowest BCUT2D eigenvalue weighted by Gasteiger charge is -2.08. The van der Waals surface area contributed by atoms with Crippen molar-refractivity contribution in [3.63, 3.8) is 0 Å². The SMILES string of the molecule is Nc1ccccc1OCCc1ccc(F)cc1. The Morgan fingerprint density at radius 3 is 2.41 bits per heavy atom. The number of nitrogens with two attached hydrogens (primary N) is 1. The Kier molecular flexibility index (Phi) is 3.60. The zero-order valence-corrected chi connectivity index (χ0v) is 9.40. The molecule has 17 heavy (non-hydrogen) atoms. The lowest BCUT2D eigenvalue weighted by Crippen LogP contribution is -2.03. The van der Waals surface area contributed by atoms with Crippen molar-refractivity contribution in [3.05, 3.63) is 59.9 Å². The molecule has 0 fully saturated rings. The molecule has 2 nitrogen and oxygen atoms in total. The molecule has 0 spiro atoms. The van der Waals surface area contributed by atoms with Gasteiger partial charge in [-0.05, 0) is 29.8 Å². The summed E-state index contributed by atoms with van der Waals surface area (Å²) in [6.07, 6.45) is 0.731. The van der Waals surface area contributed by atoms with Gasteiger partial charge in [0.05, 0.1) is 12.3 Å². The van der Waals surface area contributed by atoms with E-state index in [1.807, 2.05) is 18.2 Å². The van der Waals surface area contributed by atoms with Crippen molar-refractivity contribution in [1.29, 1.82) is 0 Å². The Morgan fingerprint density at radius 2 is 1.71 bits per heavy atom. The monoisotopic (exact) mass is 231 g/mol. The van der Waals surface area contributed by atoms with Gasteiger partial charge in [-0.15, -0.1) is 0 Å². The third-order valence-electron chi connectivity index (χ3n) is 2.48. The number of halogens is 1. The quantitative estimate of drug-likeness (QED) is 0.821. The molecule has 0 saturated heterocycles. The minimum atomic E-state index is -0.220. The van der Waals surface area contributed by atoms with Gasteiger partial charge in [0.1, 0.15) is 11.6 Å². The first kappa shape index (κ1) is 11.5. The van der Waals surface area contributed by atoms with E-state index in [2.05, 4.69) is 0 Å². The molecule has 0 atom stereocenters. The number of nitrogen functional groups attached to an aromatic ring is 1. The summed E-state index contributed by atoms with van der Waals surface area (Å²) in [5, 5.41) is 0. The van der Waals surface area contributed by atoms with E-state index in [0.717, 1.165) is 12.0 Å². The lowest BCUT2D eigenvalue weighted by molar-refractivity contribution is 0.323. The molecule has 0 amide bonds. The maximum absolute atomic E-state index is 12.7. The van der Waals surface area contributed by atoms with Crippen LogP contribution >= 0.6 is 0 Å². The van der Waals surface area contributed by atoms with Gasteiger partial charge in [-0.1, -0.05) is 24.3 Å². The Labute approximate surface area is 99.8 Å². The van der Waals surface area contributed by atoms with Crippen molar-refractivity contribution in [2.75, 3.05) is 12.3 Å². The second-order valence-corrected chi connectivity index (χ2v) is 3.76. The fourth-order valence-electron chi connectivity index (χ4n) is 1.54. The van der Waals surface area contributed by atoms with Crippen LogP contribution in [0.4, 0.5) is 10.1 Å². The van der Waals surface area contributed by atoms with Crippen LogP contribution in [0.2, 0.25) is 0 Å². The van der Waals surface area contributed by atoms with Crippen molar-refractivity contribution in [3.8, 4) is 5.75 Å². The largest absolute Gasteiger partial charge is 0.491 e. The highest BCUT2D eigenvalue weighted by molar-refractivity contribution is 5.51. The van der Waals surface area contributed by atoms with Crippen LogP contribution < -0.4 is 10.5 Å². The first-order chi connectivity index (χ1) is 8.25. The molecule has 0 heterocycles. The number of para-hydroxylation sites is 2. The van der Waals surface area contributed by atoms with E-state index in [4.69, 9.17) is 10.5 Å². The van der Waals surface area contributed by atoms with Gasteiger partial charge in [0.15, 0.2) is 0 Å². The molecule has 2 N–H and O–H groups in total. The van der Waals surface area contributed by atoms with E-state index in [-0.39, 0.29) is 5.82 Å². The summed E-state index contributed by atoms with van der Waals surface area (Å²) in [5.74, 6) is 0.469. The minimum Gasteiger partial charge on any atom is -0.491 e. The molecule has 2 aromatic rings. The van der Waals surface area contributed by atoms with Crippen LogP contribution in [-0.4, -0.2) is 6.61 Å². The first-order valence-electron chi connectivity index (χ1n) is 5.47. The van der Waals surface area contributed by atoms with Gasteiger partial charge >= 0.3 is 0 Å². The molecule has 0 aliphatic heterocycles. The zero-order valence-electron chi connectivity index (χ0n) is 9.40. The smallest absolute Gasteiger partial charge is 0.142 e. The second kappa shape index (κ2) is 5.34. The summed E-state index contributed by atoms with van der Waals surface area (Å²) in [6.45, 7) is 0.528. The molecule has 2 aromatic carbocycles. The van der Waals surface area contributed by atoms with Gasteiger partial charge < -0.3 is 10.5 Å². The summed E-state index contributed by atoms with van der Waals surface area (Å²) >= 11 is 0. The number of benzene rings is 2. The van der Waals surface area contributed by atoms with Crippen molar-refractivity contribution in [2.24, 2.45) is 0 Å². The van der Waals surface area contributed by atoms with E-state index >= 15 is 0 Å². The van der Waals surface area contributed by atoms with Crippen molar-refractivity contribution < 1.29 is 9.13 Å². The summed E-state index contributed by atoms with van der Waals surface area (Å²) in [5.41, 5.74) is 7.42.